The van der Waals surface area contributed by atoms with Crippen LogP contribution in [0.25, 0.3) is 0 Å². The third kappa shape index (κ3) is 84.0. The minimum absolute atomic E-state index is 0.177. The third-order valence-corrected chi connectivity index (χ3v) is 20.2. The number of carboxylic acid groups (broad SMARTS) is 1. The molecule has 0 saturated carbocycles. The normalized spacial score (nSPS) is 12.9. The van der Waals surface area contributed by atoms with Crippen molar-refractivity contribution in [3.05, 3.63) is 72.9 Å². The van der Waals surface area contributed by atoms with Crippen LogP contribution in [0.5, 0.6) is 0 Å². The molecule has 102 heavy (non-hydrogen) atoms. The highest BCUT2D eigenvalue weighted by atomic mass is 16.7. The molecule has 0 radical (unpaired) electrons. The van der Waals surface area contributed by atoms with Gasteiger partial charge in [-0.2, -0.15) is 0 Å². The van der Waals surface area contributed by atoms with Crippen molar-refractivity contribution < 1.29 is 42.9 Å². The van der Waals surface area contributed by atoms with E-state index in [1.54, 1.807) is 0 Å². The number of carboxylic acids is 1. The lowest BCUT2D eigenvalue weighted by molar-refractivity contribution is -0.870. The number of likely N-dealkylation sites (N-methyl/N-ethyl adjacent to an activating group) is 1. The van der Waals surface area contributed by atoms with Crippen LogP contribution < -0.4 is 0 Å². The van der Waals surface area contributed by atoms with E-state index in [1.165, 1.54) is 340 Å². The zero-order chi connectivity index (χ0) is 73.9. The molecule has 0 rings (SSSR count). The number of unbranched alkanes of at least 4 members (excludes halogenated alkanes) is 57. The van der Waals surface area contributed by atoms with Crippen molar-refractivity contribution in [1.29, 1.82) is 0 Å². The Bertz CT molecular complexity index is 1910. The van der Waals surface area contributed by atoms with Gasteiger partial charge in [0.15, 0.2) is 6.10 Å². The SMILES string of the molecule is CC/C=C\C/C=C\C/C=C\C/C=C\C/C=C\C/C=C\CCCCCCCCCCCCCCCCCCCCC(=O)OC(COC(=O)CCCCCCCCCCCCCCCCCCCCCCCCCCCCCCCCCCCCCCCCCC)COC(OCC[N+](C)(C)C)C(=O)O. The number of rotatable bonds is 84. The molecule has 0 spiro atoms. The molecule has 9 nitrogen and oxygen atoms in total. The van der Waals surface area contributed by atoms with Crippen LogP contribution in [0, 0.1) is 0 Å². The van der Waals surface area contributed by atoms with E-state index in [2.05, 4.69) is 86.8 Å². The van der Waals surface area contributed by atoms with Gasteiger partial charge >= 0.3 is 17.9 Å². The maximum Gasteiger partial charge on any atom is 0.361 e. The topological polar surface area (TPSA) is 108 Å². The first-order valence-electron chi connectivity index (χ1n) is 44.6. The highest BCUT2D eigenvalue weighted by Crippen LogP contribution is 2.21. The second kappa shape index (κ2) is 83.4. The first-order valence-corrected chi connectivity index (χ1v) is 44.6. The van der Waals surface area contributed by atoms with E-state index in [9.17, 15) is 19.5 Å². The van der Waals surface area contributed by atoms with Crippen LogP contribution in [0.4, 0.5) is 0 Å². The van der Waals surface area contributed by atoms with Crippen molar-refractivity contribution in [1.82, 2.24) is 0 Å². The lowest BCUT2D eigenvalue weighted by Gasteiger charge is -2.25. The molecule has 0 fully saturated rings. The number of carbonyl (C=O) groups is 3. The molecular formula is C93H172NO8+. The Morgan fingerprint density at radius 2 is 0.559 bits per heavy atom. The second-order valence-corrected chi connectivity index (χ2v) is 31.5. The highest BCUT2D eigenvalue weighted by Gasteiger charge is 2.25. The zero-order valence-electron chi connectivity index (χ0n) is 68.5. The Morgan fingerprint density at radius 3 is 0.833 bits per heavy atom. The van der Waals surface area contributed by atoms with Gasteiger partial charge in [0.25, 0.3) is 6.29 Å². The lowest BCUT2D eigenvalue weighted by atomic mass is 10.0. The van der Waals surface area contributed by atoms with E-state index in [0.717, 1.165) is 77.0 Å². The van der Waals surface area contributed by atoms with Gasteiger partial charge in [0.05, 0.1) is 34.4 Å². The van der Waals surface area contributed by atoms with E-state index in [-0.39, 0.29) is 38.2 Å². The van der Waals surface area contributed by atoms with Crippen LogP contribution >= 0.6 is 0 Å². The molecule has 0 bridgehead atoms. The molecule has 0 aromatic rings. The summed E-state index contributed by atoms with van der Waals surface area (Å²) in [6.07, 6.45) is 111. The summed E-state index contributed by atoms with van der Waals surface area (Å²) in [6, 6.07) is 0. The van der Waals surface area contributed by atoms with Crippen LogP contribution in [0.3, 0.4) is 0 Å². The molecule has 1 N–H and O–H groups in total. The minimum atomic E-state index is -1.51. The summed E-state index contributed by atoms with van der Waals surface area (Å²) in [7, 11) is 6.00. The fourth-order valence-corrected chi connectivity index (χ4v) is 13.5. The van der Waals surface area contributed by atoms with Gasteiger partial charge in [-0.05, 0) is 64.2 Å². The highest BCUT2D eigenvalue weighted by molar-refractivity contribution is 5.71. The molecule has 0 aliphatic rings. The fourth-order valence-electron chi connectivity index (χ4n) is 13.5. The summed E-state index contributed by atoms with van der Waals surface area (Å²) in [5.41, 5.74) is 0. The lowest BCUT2D eigenvalue weighted by Crippen LogP contribution is -2.40. The minimum Gasteiger partial charge on any atom is -0.477 e. The Labute approximate surface area is 634 Å². The first-order chi connectivity index (χ1) is 50.1. The molecule has 0 saturated heterocycles. The van der Waals surface area contributed by atoms with Crippen molar-refractivity contribution in [3.63, 3.8) is 0 Å². The third-order valence-electron chi connectivity index (χ3n) is 20.2. The van der Waals surface area contributed by atoms with Crippen molar-refractivity contribution in [2.24, 2.45) is 0 Å². The van der Waals surface area contributed by atoms with Crippen LogP contribution in [0.1, 0.15) is 444 Å². The molecule has 0 heterocycles. The molecule has 0 aliphatic carbocycles. The van der Waals surface area contributed by atoms with E-state index < -0.39 is 18.4 Å². The van der Waals surface area contributed by atoms with Gasteiger partial charge in [-0.3, -0.25) is 9.59 Å². The van der Waals surface area contributed by atoms with Crippen molar-refractivity contribution in [3.8, 4) is 0 Å². The summed E-state index contributed by atoms with van der Waals surface area (Å²) in [5.74, 6) is -1.97. The van der Waals surface area contributed by atoms with Crippen LogP contribution in [0.2, 0.25) is 0 Å². The second-order valence-electron chi connectivity index (χ2n) is 31.5. The molecule has 0 aromatic heterocycles. The van der Waals surface area contributed by atoms with E-state index in [1.807, 2.05) is 21.1 Å². The Kier molecular flexibility index (Phi) is 80.7. The first kappa shape index (κ1) is 98.7. The number of aliphatic carboxylic acids is 1. The van der Waals surface area contributed by atoms with Gasteiger partial charge < -0.3 is 28.5 Å². The van der Waals surface area contributed by atoms with E-state index in [0.29, 0.717) is 17.4 Å². The molecular weight excluding hydrogens is 1260 g/mol. The number of allylic oxidation sites excluding steroid dienone is 12. The molecule has 2 atom stereocenters. The summed E-state index contributed by atoms with van der Waals surface area (Å²) >= 11 is 0. The smallest absolute Gasteiger partial charge is 0.361 e. The van der Waals surface area contributed by atoms with Gasteiger partial charge in [0, 0.05) is 12.8 Å². The summed E-state index contributed by atoms with van der Waals surface area (Å²) < 4.78 is 23.1. The molecule has 2 unspecified atom stereocenters. The fraction of sp³-hybridized carbons (Fsp3) is 0.839. The predicted octanol–water partition coefficient (Wildman–Crippen LogP) is 29.1. The van der Waals surface area contributed by atoms with Gasteiger partial charge in [-0.15, -0.1) is 0 Å². The van der Waals surface area contributed by atoms with Crippen molar-refractivity contribution in [2.45, 2.75) is 456 Å². The van der Waals surface area contributed by atoms with Gasteiger partial charge in [0.2, 0.25) is 0 Å². The summed E-state index contributed by atoms with van der Waals surface area (Å²) in [6.45, 7) is 4.84. The molecule has 0 aromatic carbocycles. The van der Waals surface area contributed by atoms with Crippen LogP contribution in [-0.2, 0) is 33.3 Å². The largest absolute Gasteiger partial charge is 0.477 e. The maximum absolute atomic E-state index is 13.0. The van der Waals surface area contributed by atoms with Crippen molar-refractivity contribution in [2.75, 3.05) is 47.5 Å². The number of hydrogen-bond donors (Lipinski definition) is 1. The number of ether oxygens (including phenoxy) is 4. The number of hydrogen-bond acceptors (Lipinski definition) is 7. The monoisotopic (exact) mass is 1430 g/mol. The average molecular weight is 1430 g/mol. The standard InChI is InChI=1S/C93H171NO8/c1-6-8-10-12-14-16-18-20-22-24-26-28-30-32-34-36-38-40-42-44-45-46-48-49-51-53-55-57-59-61-63-65-67-69-71-73-75-77-79-81-83-90(95)100-87-89(88-101-93(92(97)98)99-86-85-94(3,4)5)102-91(96)84-82-80-78-76-74-72-70-68-66-64-62-60-58-56-54-52-50-47-43-41-39-37-35-33-31-29-27-25-23-21-19-17-15-13-11-9-7-2/h9,11,15,17,21,23,27,29,33,35,39,41,89,93H,6-8,10,12-14,16,18-20,22,24-26,28,30-32,34,36-38,40,42-88H2,1-5H3/p+1/b11-9-,17-15-,23-21-,29-27-,35-33-,41-39-. The zero-order valence-corrected chi connectivity index (χ0v) is 68.5. The van der Waals surface area contributed by atoms with E-state index in [4.69, 9.17) is 18.9 Å². The Balaban J connectivity index is 3.91. The molecule has 596 valence electrons. The quantitative estimate of drug-likeness (QED) is 0.0211. The number of nitrogens with zero attached hydrogens (tertiary/aromatic N) is 1. The Hall–Kier alpha value is -3.27. The number of quaternary nitrogens is 1. The predicted molar refractivity (Wildman–Crippen MR) is 443 cm³/mol. The summed E-state index contributed by atoms with van der Waals surface area (Å²) in [5, 5.41) is 9.79. The van der Waals surface area contributed by atoms with Crippen LogP contribution in [-0.4, -0.2) is 87.4 Å². The summed E-state index contributed by atoms with van der Waals surface area (Å²) in [4.78, 5) is 37.8. The molecule has 9 heteroatoms. The van der Waals surface area contributed by atoms with E-state index >= 15 is 0 Å². The van der Waals surface area contributed by atoms with Crippen LogP contribution in [0.15, 0.2) is 72.9 Å². The molecule has 0 amide bonds. The average Bonchev–Trinajstić information content (AvgIpc) is 1.02. The van der Waals surface area contributed by atoms with Crippen molar-refractivity contribution >= 4 is 17.9 Å². The molecule has 0 aliphatic heterocycles. The van der Waals surface area contributed by atoms with Gasteiger partial charge in [-0.25, -0.2) is 4.79 Å². The van der Waals surface area contributed by atoms with Gasteiger partial charge in [-0.1, -0.05) is 440 Å². The number of esters is 2. The van der Waals surface area contributed by atoms with Gasteiger partial charge in [0.1, 0.15) is 13.2 Å². The maximum atomic E-state index is 13.0. The Morgan fingerprint density at radius 1 is 0.304 bits per heavy atom. The number of carbonyl (C=O) groups excluding carboxylic acids is 2.